The predicted octanol–water partition coefficient (Wildman–Crippen LogP) is 3.43. The third-order valence-electron chi connectivity index (χ3n) is 3.85. The van der Waals surface area contributed by atoms with E-state index in [0.717, 1.165) is 12.8 Å². The SMILES string of the molecule is CCCCNC(=O)c1ccc(N(CC)S(=O)(=O)c2ccccc2)cc1. The van der Waals surface area contributed by atoms with E-state index in [2.05, 4.69) is 12.2 Å². The molecule has 0 unspecified atom stereocenters. The molecule has 25 heavy (non-hydrogen) atoms. The quantitative estimate of drug-likeness (QED) is 0.734. The van der Waals surface area contributed by atoms with Crippen molar-refractivity contribution in [2.24, 2.45) is 0 Å². The number of sulfonamides is 1. The highest BCUT2D eigenvalue weighted by Crippen LogP contribution is 2.23. The first kappa shape index (κ1) is 19.0. The van der Waals surface area contributed by atoms with Crippen molar-refractivity contribution in [3.05, 3.63) is 60.2 Å². The summed E-state index contributed by atoms with van der Waals surface area (Å²) in [6, 6.07) is 15.0. The van der Waals surface area contributed by atoms with E-state index in [1.165, 1.54) is 4.31 Å². The van der Waals surface area contributed by atoms with Gasteiger partial charge in [-0.05, 0) is 49.7 Å². The summed E-state index contributed by atoms with van der Waals surface area (Å²) in [5.74, 6) is -0.144. The summed E-state index contributed by atoms with van der Waals surface area (Å²) in [6.07, 6.45) is 1.95. The van der Waals surface area contributed by atoms with Gasteiger partial charge in [-0.25, -0.2) is 8.42 Å². The lowest BCUT2D eigenvalue weighted by molar-refractivity contribution is 0.0953. The van der Waals surface area contributed by atoms with Crippen molar-refractivity contribution < 1.29 is 13.2 Å². The van der Waals surface area contributed by atoms with E-state index in [4.69, 9.17) is 0 Å². The summed E-state index contributed by atoms with van der Waals surface area (Å²) in [7, 11) is -3.62. The molecule has 0 radical (unpaired) electrons. The number of hydrogen-bond acceptors (Lipinski definition) is 3. The Morgan fingerprint density at radius 2 is 1.64 bits per heavy atom. The molecule has 0 aliphatic rings. The minimum Gasteiger partial charge on any atom is -0.352 e. The zero-order valence-corrected chi connectivity index (χ0v) is 15.4. The van der Waals surface area contributed by atoms with Crippen LogP contribution in [0.5, 0.6) is 0 Å². The maximum atomic E-state index is 12.8. The second kappa shape index (κ2) is 8.67. The number of hydrogen-bond donors (Lipinski definition) is 1. The number of nitrogens with zero attached hydrogens (tertiary/aromatic N) is 1. The lowest BCUT2D eigenvalue weighted by atomic mass is 10.2. The van der Waals surface area contributed by atoms with E-state index in [1.54, 1.807) is 61.5 Å². The number of carbonyl (C=O) groups excluding carboxylic acids is 1. The van der Waals surface area contributed by atoms with Crippen LogP contribution in [0, 0.1) is 0 Å². The number of carbonyl (C=O) groups is 1. The van der Waals surface area contributed by atoms with E-state index in [-0.39, 0.29) is 10.8 Å². The fourth-order valence-corrected chi connectivity index (χ4v) is 3.97. The monoisotopic (exact) mass is 360 g/mol. The van der Waals surface area contributed by atoms with Gasteiger partial charge in [0.2, 0.25) is 0 Å². The first-order chi connectivity index (χ1) is 12.0. The van der Waals surface area contributed by atoms with E-state index in [1.807, 2.05) is 0 Å². The van der Waals surface area contributed by atoms with Crippen molar-refractivity contribution in [1.29, 1.82) is 0 Å². The molecular weight excluding hydrogens is 336 g/mol. The van der Waals surface area contributed by atoms with Gasteiger partial charge in [0.25, 0.3) is 15.9 Å². The van der Waals surface area contributed by atoms with Gasteiger partial charge in [0.1, 0.15) is 0 Å². The number of rotatable bonds is 8. The highest BCUT2D eigenvalue weighted by atomic mass is 32.2. The summed E-state index contributed by atoms with van der Waals surface area (Å²) in [4.78, 5) is 12.3. The maximum Gasteiger partial charge on any atom is 0.264 e. The first-order valence-electron chi connectivity index (χ1n) is 8.46. The number of amides is 1. The highest BCUT2D eigenvalue weighted by Gasteiger charge is 2.23. The molecule has 134 valence electrons. The summed E-state index contributed by atoms with van der Waals surface area (Å²) in [5.41, 5.74) is 1.06. The Balaban J connectivity index is 2.20. The van der Waals surface area contributed by atoms with Crippen molar-refractivity contribution in [2.45, 2.75) is 31.6 Å². The molecule has 0 aliphatic carbocycles. The van der Waals surface area contributed by atoms with Gasteiger partial charge in [0.15, 0.2) is 0 Å². The van der Waals surface area contributed by atoms with Crippen LogP contribution >= 0.6 is 0 Å². The molecule has 0 saturated heterocycles. The number of nitrogens with one attached hydrogen (secondary N) is 1. The topological polar surface area (TPSA) is 66.5 Å². The molecule has 0 aromatic heterocycles. The lowest BCUT2D eigenvalue weighted by Crippen LogP contribution is -2.31. The molecule has 2 aromatic rings. The summed E-state index contributed by atoms with van der Waals surface area (Å²) < 4.78 is 26.9. The van der Waals surface area contributed by atoms with Crippen LogP contribution in [-0.4, -0.2) is 27.4 Å². The summed E-state index contributed by atoms with van der Waals surface area (Å²) >= 11 is 0. The van der Waals surface area contributed by atoms with E-state index >= 15 is 0 Å². The standard InChI is InChI=1S/C19H24N2O3S/c1-3-5-15-20-19(22)16-11-13-17(14-12-16)21(4-2)25(23,24)18-9-7-6-8-10-18/h6-14H,3-5,15H2,1-2H3,(H,20,22). The fourth-order valence-electron chi connectivity index (χ4n) is 2.47. The second-order valence-electron chi connectivity index (χ2n) is 5.64. The molecule has 1 N–H and O–H groups in total. The second-order valence-corrected chi connectivity index (χ2v) is 7.50. The number of unbranched alkanes of at least 4 members (excludes halogenated alkanes) is 1. The number of anilines is 1. The Hall–Kier alpha value is -2.34. The molecule has 0 aliphatic heterocycles. The molecule has 0 heterocycles. The molecule has 2 aromatic carbocycles. The normalized spacial score (nSPS) is 11.1. The molecule has 2 rings (SSSR count). The van der Waals surface area contributed by atoms with Crippen LogP contribution in [0.25, 0.3) is 0 Å². The van der Waals surface area contributed by atoms with Crippen LogP contribution in [0.1, 0.15) is 37.0 Å². The first-order valence-corrected chi connectivity index (χ1v) is 9.90. The average molecular weight is 360 g/mol. The molecule has 0 spiro atoms. The van der Waals surface area contributed by atoms with Crippen molar-refractivity contribution in [2.75, 3.05) is 17.4 Å². The van der Waals surface area contributed by atoms with Crippen LogP contribution in [0.4, 0.5) is 5.69 Å². The summed E-state index contributed by atoms with van der Waals surface area (Å²) in [6.45, 7) is 4.79. The van der Waals surface area contributed by atoms with Crippen molar-refractivity contribution in [3.8, 4) is 0 Å². The van der Waals surface area contributed by atoms with Gasteiger partial charge in [-0.15, -0.1) is 0 Å². The van der Waals surface area contributed by atoms with Crippen LogP contribution in [0.3, 0.4) is 0 Å². The molecule has 0 bridgehead atoms. The molecule has 0 fully saturated rings. The van der Waals surface area contributed by atoms with Crippen LogP contribution < -0.4 is 9.62 Å². The Morgan fingerprint density at radius 1 is 1.00 bits per heavy atom. The molecule has 0 saturated carbocycles. The van der Waals surface area contributed by atoms with Crippen LogP contribution in [0.2, 0.25) is 0 Å². The zero-order valence-electron chi connectivity index (χ0n) is 14.6. The maximum absolute atomic E-state index is 12.8. The van der Waals surface area contributed by atoms with Gasteiger partial charge >= 0.3 is 0 Å². The van der Waals surface area contributed by atoms with E-state index in [0.29, 0.717) is 24.3 Å². The highest BCUT2D eigenvalue weighted by molar-refractivity contribution is 7.92. The minimum atomic E-state index is -3.62. The lowest BCUT2D eigenvalue weighted by Gasteiger charge is -2.23. The van der Waals surface area contributed by atoms with Crippen molar-refractivity contribution >= 4 is 21.6 Å². The van der Waals surface area contributed by atoms with Gasteiger partial charge in [-0.2, -0.15) is 0 Å². The summed E-state index contributed by atoms with van der Waals surface area (Å²) in [5, 5.41) is 2.85. The van der Waals surface area contributed by atoms with Crippen LogP contribution in [0.15, 0.2) is 59.5 Å². The Bertz CT molecular complexity index is 787. The van der Waals surface area contributed by atoms with Crippen molar-refractivity contribution in [1.82, 2.24) is 5.32 Å². The Morgan fingerprint density at radius 3 is 2.20 bits per heavy atom. The van der Waals surface area contributed by atoms with Gasteiger partial charge < -0.3 is 5.32 Å². The average Bonchev–Trinajstić information content (AvgIpc) is 2.63. The molecule has 5 nitrogen and oxygen atoms in total. The smallest absolute Gasteiger partial charge is 0.264 e. The Kier molecular flexibility index (Phi) is 6.58. The van der Waals surface area contributed by atoms with Gasteiger partial charge in [0.05, 0.1) is 10.6 Å². The predicted molar refractivity (Wildman–Crippen MR) is 100 cm³/mol. The fraction of sp³-hybridized carbons (Fsp3) is 0.316. The van der Waals surface area contributed by atoms with Gasteiger partial charge in [-0.3, -0.25) is 9.10 Å². The van der Waals surface area contributed by atoms with E-state index < -0.39 is 10.0 Å². The van der Waals surface area contributed by atoms with Gasteiger partial charge in [-0.1, -0.05) is 31.5 Å². The van der Waals surface area contributed by atoms with Crippen molar-refractivity contribution in [3.63, 3.8) is 0 Å². The number of benzene rings is 2. The Labute approximate surface area is 149 Å². The zero-order chi connectivity index (χ0) is 18.3. The van der Waals surface area contributed by atoms with Crippen LogP contribution in [-0.2, 0) is 10.0 Å². The van der Waals surface area contributed by atoms with Gasteiger partial charge in [0, 0.05) is 18.7 Å². The largest absolute Gasteiger partial charge is 0.352 e. The third-order valence-corrected chi connectivity index (χ3v) is 5.77. The minimum absolute atomic E-state index is 0.144. The molecule has 1 amide bonds. The molecule has 0 atom stereocenters. The molecular formula is C19H24N2O3S. The third kappa shape index (κ3) is 4.60. The van der Waals surface area contributed by atoms with E-state index in [9.17, 15) is 13.2 Å². The molecule has 6 heteroatoms.